The fourth-order valence-corrected chi connectivity index (χ4v) is 0.442. The van der Waals surface area contributed by atoms with E-state index in [9.17, 15) is 39.9 Å². The maximum Gasteiger partial charge on any atom is 0.461 e. The molecule has 2 nitrogen and oxygen atoms in total. The first kappa shape index (κ1) is 14.7. The summed E-state index contributed by atoms with van der Waals surface area (Å²) >= 11 is 0. The molecule has 0 saturated carbocycles. The molecule has 0 heterocycles. The Hall–Kier alpha value is -1.35. The van der Waals surface area contributed by atoms with Gasteiger partial charge < -0.3 is 5.11 Å². The van der Waals surface area contributed by atoms with Crippen LogP contribution >= 0.6 is 0 Å². The largest absolute Gasteiger partial charge is 0.506 e. The molecule has 0 aromatic carbocycles. The van der Waals surface area contributed by atoms with E-state index in [0.29, 0.717) is 0 Å². The number of carbonyl (C=O) groups excluding carboxylic acids is 1. The molecule has 16 heavy (non-hydrogen) atoms. The Morgan fingerprint density at radius 3 is 1.56 bits per heavy atom. The average Bonchev–Trinajstić information content (AvgIpc) is 1.99. The number of rotatable bonds is 2. The molecule has 0 rings (SSSR count). The van der Waals surface area contributed by atoms with E-state index >= 15 is 0 Å². The van der Waals surface area contributed by atoms with Gasteiger partial charge in [0, 0.05) is 6.08 Å². The minimum atomic E-state index is -6.29. The molecule has 0 amide bonds. The van der Waals surface area contributed by atoms with Gasteiger partial charge in [-0.05, 0) is 0 Å². The van der Waals surface area contributed by atoms with Crippen molar-refractivity contribution in [2.24, 2.45) is 0 Å². The van der Waals surface area contributed by atoms with Gasteiger partial charge in [-0.15, -0.1) is 0 Å². The number of carbonyl (C=O) groups is 1. The van der Waals surface area contributed by atoms with Crippen LogP contribution in [0, 0.1) is 0 Å². The fourth-order valence-electron chi connectivity index (χ4n) is 0.442. The molecule has 0 saturated heterocycles. The van der Waals surface area contributed by atoms with Crippen LogP contribution in [-0.4, -0.2) is 29.2 Å². The number of allylic oxidation sites excluding steroid dienone is 2. The lowest BCUT2D eigenvalue weighted by Crippen LogP contribution is -2.39. The van der Waals surface area contributed by atoms with Crippen LogP contribution in [-0.2, 0) is 4.79 Å². The first-order valence-electron chi connectivity index (χ1n) is 3.27. The predicted octanol–water partition coefficient (Wildman–Crippen LogP) is 2.76. The number of aliphatic hydroxyl groups excluding tert-OH is 1. The number of hydrogen-bond donors (Lipinski definition) is 1. The van der Waals surface area contributed by atoms with Crippen molar-refractivity contribution < 1.29 is 45.0 Å². The van der Waals surface area contributed by atoms with Crippen LogP contribution in [0.1, 0.15) is 0 Å². The molecule has 0 unspecified atom stereocenters. The lowest BCUT2D eigenvalue weighted by Gasteiger charge is -2.18. The number of aliphatic hydroxyl groups is 1. The van der Waals surface area contributed by atoms with Crippen molar-refractivity contribution in [3.8, 4) is 0 Å². The Balaban J connectivity index is 5.16. The van der Waals surface area contributed by atoms with Crippen LogP contribution in [0.4, 0.5) is 35.1 Å². The zero-order chi connectivity index (χ0) is 13.4. The Bertz CT molecular complexity index is 309. The zero-order valence-corrected chi connectivity index (χ0v) is 6.96. The summed E-state index contributed by atoms with van der Waals surface area (Å²) in [6, 6.07) is 0. The highest BCUT2D eigenvalue weighted by Gasteiger charge is 2.61. The molecule has 10 heteroatoms. The highest BCUT2D eigenvalue weighted by atomic mass is 19.4. The summed E-state index contributed by atoms with van der Waals surface area (Å²) in [4.78, 5) is 9.99. The lowest BCUT2D eigenvalue weighted by molar-refractivity contribution is -0.274. The summed E-state index contributed by atoms with van der Waals surface area (Å²) in [5, 5.41) is 8.12. The van der Waals surface area contributed by atoms with E-state index in [2.05, 4.69) is 0 Å². The predicted molar refractivity (Wildman–Crippen MR) is 32.8 cm³/mol. The Kier molecular flexibility index (Phi) is 3.58. The van der Waals surface area contributed by atoms with Crippen molar-refractivity contribution in [3.05, 3.63) is 11.8 Å². The third kappa shape index (κ3) is 3.07. The summed E-state index contributed by atoms with van der Waals surface area (Å²) in [6.45, 7) is 0. The maximum absolute atomic E-state index is 12.1. The van der Waals surface area contributed by atoms with Crippen LogP contribution in [0.5, 0.6) is 0 Å². The van der Waals surface area contributed by atoms with E-state index < -0.39 is 35.9 Å². The van der Waals surface area contributed by atoms with Gasteiger partial charge in [-0.2, -0.15) is 35.1 Å². The first-order valence-corrected chi connectivity index (χ1v) is 3.27. The third-order valence-corrected chi connectivity index (χ3v) is 1.22. The van der Waals surface area contributed by atoms with Crippen LogP contribution < -0.4 is 0 Å². The summed E-state index contributed by atoms with van der Waals surface area (Å²) in [5.74, 6) is -11.9. The van der Waals surface area contributed by atoms with E-state index in [1.165, 1.54) is 0 Å². The standard InChI is InChI=1S/C6H2F8O2/c7-4(8,6(12,13)14)2(15)1-3(16)5(9,10)11/h1,15H. The van der Waals surface area contributed by atoms with Crippen LogP contribution in [0.15, 0.2) is 11.8 Å². The SMILES string of the molecule is O=C(C=C(O)C(F)(F)C(F)(F)F)C(F)(F)F. The monoisotopic (exact) mass is 258 g/mol. The minimum Gasteiger partial charge on any atom is -0.506 e. The molecule has 0 aliphatic rings. The number of halogens is 8. The summed E-state index contributed by atoms with van der Waals surface area (Å²) < 4.78 is 93.1. The van der Waals surface area contributed by atoms with Gasteiger partial charge in [0.15, 0.2) is 5.76 Å². The Morgan fingerprint density at radius 2 is 1.31 bits per heavy atom. The number of ketones is 1. The summed E-state index contributed by atoms with van der Waals surface area (Å²) in [5.41, 5.74) is 0. The topological polar surface area (TPSA) is 37.3 Å². The van der Waals surface area contributed by atoms with Crippen molar-refractivity contribution in [1.29, 1.82) is 0 Å². The highest BCUT2D eigenvalue weighted by Crippen LogP contribution is 2.40. The Labute approximate surface area is 82.2 Å². The van der Waals surface area contributed by atoms with Gasteiger partial charge in [-0.1, -0.05) is 0 Å². The molecule has 0 aromatic heterocycles. The van der Waals surface area contributed by atoms with Crippen molar-refractivity contribution in [2.45, 2.75) is 18.3 Å². The second kappa shape index (κ2) is 3.91. The van der Waals surface area contributed by atoms with Gasteiger partial charge in [0.05, 0.1) is 0 Å². The molecule has 94 valence electrons. The van der Waals surface area contributed by atoms with Gasteiger partial charge in [0.2, 0.25) is 0 Å². The van der Waals surface area contributed by atoms with Crippen LogP contribution in [0.25, 0.3) is 0 Å². The second-order valence-corrected chi connectivity index (χ2v) is 2.46. The van der Waals surface area contributed by atoms with Crippen LogP contribution in [0.3, 0.4) is 0 Å². The quantitative estimate of drug-likeness (QED) is 0.469. The normalized spacial score (nSPS) is 15.1. The maximum atomic E-state index is 12.1. The number of alkyl halides is 8. The number of hydrogen-bond acceptors (Lipinski definition) is 2. The molecule has 0 atom stereocenters. The van der Waals surface area contributed by atoms with E-state index in [-0.39, 0.29) is 0 Å². The van der Waals surface area contributed by atoms with Crippen molar-refractivity contribution in [3.63, 3.8) is 0 Å². The fraction of sp³-hybridized carbons (Fsp3) is 0.500. The van der Waals surface area contributed by atoms with Crippen molar-refractivity contribution in [1.82, 2.24) is 0 Å². The molecule has 1 N–H and O–H groups in total. The summed E-state index contributed by atoms with van der Waals surface area (Å²) in [6.07, 6.45) is -13.2. The molecular formula is C6H2F8O2. The highest BCUT2D eigenvalue weighted by molar-refractivity contribution is 5.94. The Morgan fingerprint density at radius 1 is 0.938 bits per heavy atom. The second-order valence-electron chi connectivity index (χ2n) is 2.46. The molecule has 0 aliphatic carbocycles. The zero-order valence-electron chi connectivity index (χ0n) is 6.96. The van der Waals surface area contributed by atoms with Gasteiger partial charge in [0.25, 0.3) is 5.78 Å². The molecule has 0 aliphatic heterocycles. The van der Waals surface area contributed by atoms with Gasteiger partial charge >= 0.3 is 18.3 Å². The summed E-state index contributed by atoms with van der Waals surface area (Å²) in [7, 11) is 0. The van der Waals surface area contributed by atoms with Gasteiger partial charge in [-0.25, -0.2) is 0 Å². The van der Waals surface area contributed by atoms with Crippen molar-refractivity contribution in [2.75, 3.05) is 0 Å². The van der Waals surface area contributed by atoms with Crippen molar-refractivity contribution >= 4 is 5.78 Å². The minimum absolute atomic E-state index is 1.21. The molecule has 0 spiro atoms. The van der Waals surface area contributed by atoms with E-state index in [1.807, 2.05) is 0 Å². The van der Waals surface area contributed by atoms with E-state index in [4.69, 9.17) is 5.11 Å². The van der Waals surface area contributed by atoms with Gasteiger partial charge in [-0.3, -0.25) is 4.79 Å². The van der Waals surface area contributed by atoms with Gasteiger partial charge in [0.1, 0.15) is 0 Å². The van der Waals surface area contributed by atoms with E-state index in [1.54, 1.807) is 0 Å². The molecule has 0 radical (unpaired) electrons. The third-order valence-electron chi connectivity index (χ3n) is 1.22. The molecular weight excluding hydrogens is 256 g/mol. The smallest absolute Gasteiger partial charge is 0.461 e. The molecule has 0 bridgehead atoms. The van der Waals surface area contributed by atoms with E-state index in [0.717, 1.165) is 0 Å². The first-order chi connectivity index (χ1) is 6.80. The lowest BCUT2D eigenvalue weighted by atomic mass is 10.2. The molecule has 0 fully saturated rings. The molecule has 0 aromatic rings. The van der Waals surface area contributed by atoms with Crippen LogP contribution in [0.2, 0.25) is 0 Å². The average molecular weight is 258 g/mol.